The summed E-state index contributed by atoms with van der Waals surface area (Å²) in [5.41, 5.74) is 4.73. The predicted molar refractivity (Wildman–Crippen MR) is 161 cm³/mol. The molecule has 0 radical (unpaired) electrons. The van der Waals surface area contributed by atoms with Gasteiger partial charge in [0.05, 0.1) is 22.6 Å². The molecule has 3 fully saturated rings. The molecule has 4 aromatic carbocycles. The number of carbonyl (C=O) groups is 3. The van der Waals surface area contributed by atoms with E-state index in [0.717, 1.165) is 17.2 Å². The van der Waals surface area contributed by atoms with Crippen molar-refractivity contribution in [2.45, 2.75) is 41.8 Å². The summed E-state index contributed by atoms with van der Waals surface area (Å²) in [7, 11) is -4.78. The zero-order valence-electron chi connectivity index (χ0n) is 24.3. The third kappa shape index (κ3) is 3.83. The zero-order chi connectivity index (χ0) is 31.5. The van der Waals surface area contributed by atoms with Crippen LogP contribution < -0.4 is 4.74 Å². The minimum atomic E-state index is -4.78. The first-order valence-electron chi connectivity index (χ1n) is 15.5. The lowest BCUT2D eigenvalue weighted by molar-refractivity contribution is -0.169. The Morgan fingerprint density at radius 2 is 1.39 bits per heavy atom. The summed E-state index contributed by atoms with van der Waals surface area (Å²) >= 11 is 0. The fourth-order valence-electron chi connectivity index (χ4n) is 9.29. The van der Waals surface area contributed by atoms with Gasteiger partial charge in [-0.2, -0.15) is 0 Å². The fraction of sp³-hybridized carbons (Fsp3) is 0.306. The van der Waals surface area contributed by atoms with E-state index in [2.05, 4.69) is 24.3 Å². The number of hydrogen-bond acceptors (Lipinski definition) is 9. The van der Waals surface area contributed by atoms with Crippen LogP contribution in [0.25, 0.3) is 10.8 Å². The maximum absolute atomic E-state index is 14.1. The molecule has 232 valence electrons. The SMILES string of the molecule is O=C(OC1C2CC3C1OC(=O)C3C2C(=O)Oc1ccc(S(=O)(=O)[O-])c2ccccc12)C1CC2c3ccccc3C1c1ccccc12. The molecule has 7 unspecified atom stereocenters. The summed E-state index contributed by atoms with van der Waals surface area (Å²) in [5.74, 6) is -4.34. The molecule has 7 atom stereocenters. The molecule has 2 saturated carbocycles. The molecular weight excluding hydrogens is 608 g/mol. The largest absolute Gasteiger partial charge is 0.744 e. The summed E-state index contributed by atoms with van der Waals surface area (Å²) < 4.78 is 53.4. The van der Waals surface area contributed by atoms with Gasteiger partial charge in [0.15, 0.2) is 0 Å². The number of fused-ring (bicyclic) bond motifs is 3. The molecule has 6 aliphatic rings. The van der Waals surface area contributed by atoms with E-state index in [1.54, 1.807) is 18.2 Å². The van der Waals surface area contributed by atoms with Crippen LogP contribution in [0.5, 0.6) is 5.75 Å². The van der Waals surface area contributed by atoms with Crippen molar-refractivity contribution in [3.63, 3.8) is 0 Å². The number of esters is 3. The lowest BCUT2D eigenvalue weighted by Gasteiger charge is -2.45. The standard InChI is InChI=1S/C36H28O9S/c37-34(26-15-23-17-7-1-5-11-21(17)29(26)22-12-6-2-8-18(22)23)44-32-24-16-25-31(36(39)45-33(25)32)30(24)35(38)43-27-13-14-28(46(40,41)42)20-10-4-3-9-19(20)27/h1-14,23-26,29-33H,15-16H2,(H,40,41,42)/p-1. The normalized spacial score (nSPS) is 31.3. The van der Waals surface area contributed by atoms with Gasteiger partial charge in [-0.25, -0.2) is 8.42 Å². The van der Waals surface area contributed by atoms with Crippen LogP contribution in [0.2, 0.25) is 0 Å². The molecule has 4 aromatic rings. The molecule has 9 nitrogen and oxygen atoms in total. The Balaban J connectivity index is 1.01. The second-order valence-electron chi connectivity index (χ2n) is 13.0. The number of rotatable bonds is 5. The predicted octanol–water partition coefficient (Wildman–Crippen LogP) is 4.67. The van der Waals surface area contributed by atoms with Crippen LogP contribution in [0.4, 0.5) is 0 Å². The van der Waals surface area contributed by atoms with Crippen molar-refractivity contribution >= 4 is 38.8 Å². The van der Waals surface area contributed by atoms with Crippen LogP contribution in [0.15, 0.2) is 89.8 Å². The maximum Gasteiger partial charge on any atom is 0.315 e. The van der Waals surface area contributed by atoms with Crippen molar-refractivity contribution < 1.29 is 41.6 Å². The molecule has 0 N–H and O–H groups in total. The first-order chi connectivity index (χ1) is 22.2. The van der Waals surface area contributed by atoms with E-state index in [1.807, 2.05) is 24.3 Å². The van der Waals surface area contributed by atoms with Gasteiger partial charge in [-0.3, -0.25) is 14.4 Å². The second kappa shape index (κ2) is 9.73. The van der Waals surface area contributed by atoms with Crippen molar-refractivity contribution in [3.8, 4) is 5.75 Å². The number of benzene rings is 4. The van der Waals surface area contributed by atoms with Crippen LogP contribution >= 0.6 is 0 Å². The van der Waals surface area contributed by atoms with E-state index < -0.39 is 62.8 Å². The van der Waals surface area contributed by atoms with Gasteiger partial charge in [0.1, 0.15) is 28.1 Å². The van der Waals surface area contributed by atoms with Crippen LogP contribution in [0.1, 0.15) is 46.9 Å². The van der Waals surface area contributed by atoms with Crippen molar-refractivity contribution in [1.82, 2.24) is 0 Å². The topological polar surface area (TPSA) is 136 Å². The van der Waals surface area contributed by atoms with Gasteiger partial charge in [0.25, 0.3) is 0 Å². The second-order valence-corrected chi connectivity index (χ2v) is 14.4. The summed E-state index contributed by atoms with van der Waals surface area (Å²) in [5, 5.41) is 0.409. The molecule has 1 saturated heterocycles. The van der Waals surface area contributed by atoms with Crippen molar-refractivity contribution in [2.75, 3.05) is 0 Å². The van der Waals surface area contributed by atoms with Crippen molar-refractivity contribution in [3.05, 3.63) is 107 Å². The van der Waals surface area contributed by atoms with E-state index in [0.29, 0.717) is 12.8 Å². The highest BCUT2D eigenvalue weighted by Gasteiger charge is 2.70. The average molecular weight is 636 g/mol. The number of carbonyl (C=O) groups excluding carboxylic acids is 3. The molecular formula is C36H27O9S-. The number of hydrogen-bond donors (Lipinski definition) is 0. The Labute approximate surface area is 264 Å². The van der Waals surface area contributed by atoms with Gasteiger partial charge >= 0.3 is 17.9 Å². The monoisotopic (exact) mass is 635 g/mol. The van der Waals surface area contributed by atoms with Gasteiger partial charge < -0.3 is 18.8 Å². The van der Waals surface area contributed by atoms with Gasteiger partial charge in [0, 0.05) is 34.4 Å². The first kappa shape index (κ1) is 27.7. The van der Waals surface area contributed by atoms with E-state index in [1.165, 1.54) is 23.3 Å². The summed E-state index contributed by atoms with van der Waals surface area (Å²) in [6.45, 7) is 0. The third-order valence-corrected chi connectivity index (χ3v) is 11.9. The maximum atomic E-state index is 14.1. The highest BCUT2D eigenvalue weighted by atomic mass is 32.2. The van der Waals surface area contributed by atoms with Crippen molar-refractivity contribution in [2.24, 2.45) is 29.6 Å². The molecule has 4 bridgehead atoms. The van der Waals surface area contributed by atoms with E-state index in [9.17, 15) is 27.4 Å². The zero-order valence-corrected chi connectivity index (χ0v) is 25.1. The quantitative estimate of drug-likeness (QED) is 0.174. The fourth-order valence-corrected chi connectivity index (χ4v) is 9.97. The molecule has 10 heteroatoms. The Morgan fingerprint density at radius 3 is 2.07 bits per heavy atom. The van der Waals surface area contributed by atoms with Gasteiger partial charge in [-0.05, 0) is 47.2 Å². The molecule has 0 aromatic heterocycles. The molecule has 46 heavy (non-hydrogen) atoms. The molecule has 0 spiro atoms. The van der Waals surface area contributed by atoms with E-state index in [4.69, 9.17) is 14.2 Å². The average Bonchev–Trinajstić information content (AvgIpc) is 3.68. The summed E-state index contributed by atoms with van der Waals surface area (Å²) in [6, 6.07) is 25.1. The summed E-state index contributed by atoms with van der Waals surface area (Å²) in [6.07, 6.45) is -0.305. The Morgan fingerprint density at radius 1 is 0.761 bits per heavy atom. The van der Waals surface area contributed by atoms with Gasteiger partial charge in [0.2, 0.25) is 0 Å². The molecule has 10 rings (SSSR count). The van der Waals surface area contributed by atoms with Crippen molar-refractivity contribution in [1.29, 1.82) is 0 Å². The lowest BCUT2D eigenvalue weighted by Crippen LogP contribution is -2.46. The highest BCUT2D eigenvalue weighted by Crippen LogP contribution is 2.60. The molecule has 1 heterocycles. The van der Waals surface area contributed by atoms with Crippen LogP contribution in [-0.2, 0) is 34.0 Å². The molecule has 1 aliphatic heterocycles. The van der Waals surface area contributed by atoms with Crippen LogP contribution in [0, 0.1) is 29.6 Å². The lowest BCUT2D eigenvalue weighted by atomic mass is 9.59. The minimum absolute atomic E-state index is 0.0720. The van der Waals surface area contributed by atoms with Crippen LogP contribution in [-0.4, -0.2) is 43.1 Å². The Hall–Kier alpha value is -4.54. The number of ether oxygens (including phenoxy) is 3. The smallest absolute Gasteiger partial charge is 0.315 e. The highest BCUT2D eigenvalue weighted by molar-refractivity contribution is 7.86. The Bertz CT molecular complexity index is 2060. The van der Waals surface area contributed by atoms with Gasteiger partial charge in [-0.15, -0.1) is 0 Å². The van der Waals surface area contributed by atoms with E-state index >= 15 is 0 Å². The van der Waals surface area contributed by atoms with Crippen LogP contribution in [0.3, 0.4) is 0 Å². The minimum Gasteiger partial charge on any atom is -0.744 e. The first-order valence-corrected chi connectivity index (χ1v) is 16.9. The van der Waals surface area contributed by atoms with Gasteiger partial charge in [-0.1, -0.05) is 72.8 Å². The Kier molecular flexibility index (Phi) is 5.87. The van der Waals surface area contributed by atoms with E-state index in [-0.39, 0.29) is 40.2 Å². The molecule has 5 aliphatic carbocycles. The molecule has 0 amide bonds. The summed E-state index contributed by atoms with van der Waals surface area (Å²) in [4.78, 5) is 40.5. The third-order valence-electron chi connectivity index (χ3n) is 11.0.